The van der Waals surface area contributed by atoms with Gasteiger partial charge in [0.25, 0.3) is 0 Å². The van der Waals surface area contributed by atoms with Crippen molar-refractivity contribution in [2.24, 2.45) is 0 Å². The predicted octanol–water partition coefficient (Wildman–Crippen LogP) is 2.68. The first-order valence-electron chi connectivity index (χ1n) is 5.59. The average Bonchev–Trinajstić information content (AvgIpc) is 2.29. The van der Waals surface area contributed by atoms with Gasteiger partial charge in [0.05, 0.1) is 6.61 Å². The summed E-state index contributed by atoms with van der Waals surface area (Å²) in [7, 11) is 1.73. The second-order valence-corrected chi connectivity index (χ2v) is 4.32. The van der Waals surface area contributed by atoms with Crippen molar-refractivity contribution in [3.05, 3.63) is 35.4 Å². The van der Waals surface area contributed by atoms with E-state index in [0.717, 1.165) is 26.2 Å². The van der Waals surface area contributed by atoms with Crippen molar-refractivity contribution in [2.75, 3.05) is 32.7 Å². The number of hydrogen-bond donors (Lipinski definition) is 0. The van der Waals surface area contributed by atoms with Gasteiger partial charge in [-0.1, -0.05) is 29.8 Å². The number of methoxy groups -OCH3 is 1. The Kier molecular flexibility index (Phi) is 6.46. The highest BCUT2D eigenvalue weighted by atomic mass is 35.5. The predicted molar refractivity (Wildman–Crippen MR) is 69.1 cm³/mol. The molecule has 0 heterocycles. The van der Waals surface area contributed by atoms with Crippen molar-refractivity contribution < 1.29 is 4.74 Å². The van der Waals surface area contributed by atoms with Crippen molar-refractivity contribution >= 4 is 11.6 Å². The van der Waals surface area contributed by atoms with E-state index in [1.165, 1.54) is 11.1 Å². The van der Waals surface area contributed by atoms with Gasteiger partial charge in [-0.15, -0.1) is 11.6 Å². The summed E-state index contributed by atoms with van der Waals surface area (Å²) >= 11 is 5.78. The summed E-state index contributed by atoms with van der Waals surface area (Å²) in [6.45, 7) is 5.63. The Morgan fingerprint density at radius 2 is 1.88 bits per heavy atom. The lowest BCUT2D eigenvalue weighted by Gasteiger charge is -2.20. The minimum Gasteiger partial charge on any atom is -0.383 e. The van der Waals surface area contributed by atoms with Crippen LogP contribution >= 0.6 is 11.6 Å². The SMILES string of the molecule is COCCN(CCCl)Cc1ccc(C)cc1. The highest BCUT2D eigenvalue weighted by Gasteiger charge is 2.04. The second-order valence-electron chi connectivity index (χ2n) is 3.94. The van der Waals surface area contributed by atoms with Crippen LogP contribution in [-0.4, -0.2) is 37.6 Å². The third kappa shape index (κ3) is 4.97. The summed E-state index contributed by atoms with van der Waals surface area (Å²) in [6.07, 6.45) is 0. The van der Waals surface area contributed by atoms with Crippen molar-refractivity contribution in [3.8, 4) is 0 Å². The molecule has 0 fully saturated rings. The maximum absolute atomic E-state index is 5.78. The Morgan fingerprint density at radius 3 is 2.44 bits per heavy atom. The smallest absolute Gasteiger partial charge is 0.0589 e. The Morgan fingerprint density at radius 1 is 1.19 bits per heavy atom. The van der Waals surface area contributed by atoms with E-state index < -0.39 is 0 Å². The van der Waals surface area contributed by atoms with Crippen LogP contribution in [0.4, 0.5) is 0 Å². The third-order valence-electron chi connectivity index (χ3n) is 2.54. The summed E-state index contributed by atoms with van der Waals surface area (Å²) in [5, 5.41) is 0. The van der Waals surface area contributed by atoms with Crippen LogP contribution in [-0.2, 0) is 11.3 Å². The van der Waals surface area contributed by atoms with Crippen LogP contribution in [0.1, 0.15) is 11.1 Å². The first-order valence-corrected chi connectivity index (χ1v) is 6.12. The van der Waals surface area contributed by atoms with Crippen LogP contribution in [0, 0.1) is 6.92 Å². The van der Waals surface area contributed by atoms with E-state index in [0.29, 0.717) is 5.88 Å². The number of halogens is 1. The zero-order valence-corrected chi connectivity index (χ0v) is 10.8. The summed E-state index contributed by atoms with van der Waals surface area (Å²) in [5.41, 5.74) is 2.62. The monoisotopic (exact) mass is 241 g/mol. The number of rotatable bonds is 7. The highest BCUT2D eigenvalue weighted by molar-refractivity contribution is 6.18. The van der Waals surface area contributed by atoms with Gasteiger partial charge >= 0.3 is 0 Å². The largest absolute Gasteiger partial charge is 0.383 e. The molecule has 0 amide bonds. The van der Waals surface area contributed by atoms with Gasteiger partial charge in [0.15, 0.2) is 0 Å². The van der Waals surface area contributed by atoms with Gasteiger partial charge < -0.3 is 4.74 Å². The van der Waals surface area contributed by atoms with Crippen LogP contribution in [0.15, 0.2) is 24.3 Å². The molecule has 2 nitrogen and oxygen atoms in total. The average molecular weight is 242 g/mol. The number of ether oxygens (including phenoxy) is 1. The fourth-order valence-corrected chi connectivity index (χ4v) is 1.80. The first-order chi connectivity index (χ1) is 7.76. The molecule has 3 heteroatoms. The molecule has 0 aliphatic rings. The fourth-order valence-electron chi connectivity index (χ4n) is 1.56. The first kappa shape index (κ1) is 13.5. The van der Waals surface area contributed by atoms with Crippen molar-refractivity contribution in [2.45, 2.75) is 13.5 Å². The van der Waals surface area contributed by atoms with Gasteiger partial charge in [0.2, 0.25) is 0 Å². The minimum absolute atomic E-state index is 0.662. The van der Waals surface area contributed by atoms with Gasteiger partial charge in [-0.2, -0.15) is 0 Å². The highest BCUT2D eigenvalue weighted by Crippen LogP contribution is 2.07. The van der Waals surface area contributed by atoms with Crippen molar-refractivity contribution in [1.82, 2.24) is 4.90 Å². The van der Waals surface area contributed by atoms with E-state index in [1.807, 2.05) is 0 Å². The molecule has 0 atom stereocenters. The molecule has 0 bridgehead atoms. The fraction of sp³-hybridized carbons (Fsp3) is 0.538. The van der Waals surface area contributed by atoms with E-state index in [1.54, 1.807) is 7.11 Å². The van der Waals surface area contributed by atoms with Gasteiger partial charge in [-0.25, -0.2) is 0 Å². The lowest BCUT2D eigenvalue weighted by atomic mass is 10.1. The Labute approximate surface area is 103 Å². The number of hydrogen-bond acceptors (Lipinski definition) is 2. The van der Waals surface area contributed by atoms with E-state index in [9.17, 15) is 0 Å². The number of aryl methyl sites for hydroxylation is 1. The maximum Gasteiger partial charge on any atom is 0.0589 e. The molecule has 0 saturated heterocycles. The molecule has 90 valence electrons. The standard InChI is InChI=1S/C13H20ClNO/c1-12-3-5-13(6-4-12)11-15(8-7-14)9-10-16-2/h3-6H,7-11H2,1-2H3. The van der Waals surface area contributed by atoms with Crippen LogP contribution in [0.3, 0.4) is 0 Å². The zero-order valence-electron chi connectivity index (χ0n) is 10.1. The molecule has 0 aliphatic heterocycles. The second kappa shape index (κ2) is 7.66. The number of nitrogens with zero attached hydrogens (tertiary/aromatic N) is 1. The zero-order chi connectivity index (χ0) is 11.8. The van der Waals surface area contributed by atoms with Gasteiger partial charge in [-0.05, 0) is 12.5 Å². The Bertz CT molecular complexity index is 286. The lowest BCUT2D eigenvalue weighted by Crippen LogP contribution is -2.28. The van der Waals surface area contributed by atoms with Crippen molar-refractivity contribution in [3.63, 3.8) is 0 Å². The topological polar surface area (TPSA) is 12.5 Å². The van der Waals surface area contributed by atoms with Crippen molar-refractivity contribution in [1.29, 1.82) is 0 Å². The molecule has 16 heavy (non-hydrogen) atoms. The summed E-state index contributed by atoms with van der Waals surface area (Å²) in [4.78, 5) is 2.31. The quantitative estimate of drug-likeness (QED) is 0.681. The van der Waals surface area contributed by atoms with Gasteiger partial charge in [-0.3, -0.25) is 4.90 Å². The van der Waals surface area contributed by atoms with E-state index in [2.05, 4.69) is 36.1 Å². The minimum atomic E-state index is 0.662. The summed E-state index contributed by atoms with van der Waals surface area (Å²) in [6, 6.07) is 8.63. The van der Waals surface area contributed by atoms with E-state index >= 15 is 0 Å². The molecule has 1 aromatic carbocycles. The molecule has 0 spiro atoms. The molecule has 0 saturated carbocycles. The summed E-state index contributed by atoms with van der Waals surface area (Å²) < 4.78 is 5.09. The van der Waals surface area contributed by atoms with E-state index in [-0.39, 0.29) is 0 Å². The molecule has 0 radical (unpaired) electrons. The van der Waals surface area contributed by atoms with Crippen LogP contribution in [0.5, 0.6) is 0 Å². The third-order valence-corrected chi connectivity index (χ3v) is 2.71. The maximum atomic E-state index is 5.78. The van der Waals surface area contributed by atoms with Crippen LogP contribution in [0.2, 0.25) is 0 Å². The van der Waals surface area contributed by atoms with Crippen LogP contribution < -0.4 is 0 Å². The van der Waals surface area contributed by atoms with Crippen LogP contribution in [0.25, 0.3) is 0 Å². The molecule has 0 aliphatic carbocycles. The molecule has 0 N–H and O–H groups in total. The lowest BCUT2D eigenvalue weighted by molar-refractivity contribution is 0.148. The Balaban J connectivity index is 2.49. The molecule has 0 unspecified atom stereocenters. The van der Waals surface area contributed by atoms with E-state index in [4.69, 9.17) is 16.3 Å². The summed E-state index contributed by atoms with van der Waals surface area (Å²) in [5.74, 6) is 0.662. The normalized spacial score (nSPS) is 11.0. The molecule has 0 aromatic heterocycles. The van der Waals surface area contributed by atoms with Gasteiger partial charge in [0.1, 0.15) is 0 Å². The number of benzene rings is 1. The molecule has 1 rings (SSSR count). The number of alkyl halides is 1. The Hall–Kier alpha value is -0.570. The molecular weight excluding hydrogens is 222 g/mol. The molecule has 1 aromatic rings. The molecular formula is C13H20ClNO. The van der Waals surface area contributed by atoms with Gasteiger partial charge in [0, 0.05) is 32.6 Å².